The molecule has 7 heteroatoms. The average Bonchev–Trinajstić information content (AvgIpc) is 3.13. The van der Waals surface area contributed by atoms with Gasteiger partial charge < -0.3 is 10.2 Å². The molecule has 1 N–H and O–H groups in total. The first kappa shape index (κ1) is 20.5. The van der Waals surface area contributed by atoms with Crippen molar-refractivity contribution in [2.45, 2.75) is 39.5 Å². The van der Waals surface area contributed by atoms with Crippen molar-refractivity contribution in [2.75, 3.05) is 23.8 Å². The Hall–Kier alpha value is -3.22. The van der Waals surface area contributed by atoms with Crippen LogP contribution in [0.4, 0.5) is 11.5 Å². The summed E-state index contributed by atoms with van der Waals surface area (Å²) in [6.45, 7) is 9.33. The summed E-state index contributed by atoms with van der Waals surface area (Å²) < 4.78 is 1.57. The molecule has 3 aromatic rings. The van der Waals surface area contributed by atoms with Crippen LogP contribution >= 0.6 is 0 Å². The van der Waals surface area contributed by atoms with Gasteiger partial charge in [-0.05, 0) is 36.8 Å². The number of hydrogen-bond acceptors (Lipinski definition) is 5. The molecule has 0 bridgehead atoms. The molecule has 152 valence electrons. The minimum Gasteiger partial charge on any atom is -0.375 e. The molecule has 29 heavy (non-hydrogen) atoms. The number of nitrogens with zero attached hydrogens (tertiary/aromatic N) is 5. The fourth-order valence-corrected chi connectivity index (χ4v) is 2.91. The molecule has 0 aliphatic carbocycles. The maximum Gasteiger partial charge on any atom is 0.256 e. The van der Waals surface area contributed by atoms with Gasteiger partial charge in [-0.3, -0.25) is 4.79 Å². The number of nitrogens with one attached hydrogen (secondary N) is 1. The van der Waals surface area contributed by atoms with Crippen LogP contribution in [-0.2, 0) is 5.41 Å². The largest absolute Gasteiger partial charge is 0.375 e. The standard InChI is InChI=1S/C22H28N6O/c1-6-14-27(5)17-10-8-16(9-11-17)20(29)25-19-15-18(22(2,3)4)26-28(19)21-23-12-7-13-24-21/h7-13,15H,6,14H2,1-5H3,(H,25,29). The number of carbonyl (C=O) groups is 1. The number of rotatable bonds is 6. The van der Waals surface area contributed by atoms with Crippen LogP contribution in [0.2, 0.25) is 0 Å². The molecule has 3 rings (SSSR count). The number of anilines is 2. The Balaban J connectivity index is 1.87. The van der Waals surface area contributed by atoms with Gasteiger partial charge in [-0.25, -0.2) is 9.97 Å². The van der Waals surface area contributed by atoms with Gasteiger partial charge in [0, 0.05) is 48.7 Å². The Morgan fingerprint density at radius 3 is 2.38 bits per heavy atom. The molecule has 0 aliphatic rings. The summed E-state index contributed by atoms with van der Waals surface area (Å²) in [7, 11) is 2.05. The van der Waals surface area contributed by atoms with Crippen LogP contribution in [0, 0.1) is 0 Å². The molecule has 1 amide bonds. The zero-order valence-electron chi connectivity index (χ0n) is 17.7. The van der Waals surface area contributed by atoms with E-state index >= 15 is 0 Å². The van der Waals surface area contributed by atoms with Crippen LogP contribution in [-0.4, -0.2) is 39.2 Å². The first-order valence-electron chi connectivity index (χ1n) is 9.80. The quantitative estimate of drug-likeness (QED) is 0.685. The topological polar surface area (TPSA) is 75.9 Å². The van der Waals surface area contributed by atoms with Crippen molar-refractivity contribution in [1.29, 1.82) is 0 Å². The molecule has 2 heterocycles. The van der Waals surface area contributed by atoms with Crippen molar-refractivity contribution in [3.05, 3.63) is 60.0 Å². The van der Waals surface area contributed by atoms with Crippen LogP contribution in [0.15, 0.2) is 48.8 Å². The molecule has 2 aromatic heterocycles. The van der Waals surface area contributed by atoms with Crippen LogP contribution in [0.3, 0.4) is 0 Å². The van der Waals surface area contributed by atoms with Crippen LogP contribution in [0.5, 0.6) is 0 Å². The van der Waals surface area contributed by atoms with Crippen molar-refractivity contribution < 1.29 is 4.79 Å². The summed E-state index contributed by atoms with van der Waals surface area (Å²) in [5.74, 6) is 0.750. The maximum absolute atomic E-state index is 12.9. The van der Waals surface area contributed by atoms with E-state index < -0.39 is 0 Å². The minimum atomic E-state index is -0.202. The summed E-state index contributed by atoms with van der Waals surface area (Å²) in [5.41, 5.74) is 2.33. The summed E-state index contributed by atoms with van der Waals surface area (Å²) >= 11 is 0. The normalized spacial score (nSPS) is 11.3. The van der Waals surface area contributed by atoms with Gasteiger partial charge in [0.05, 0.1) is 5.69 Å². The third-order valence-electron chi connectivity index (χ3n) is 4.59. The molecule has 0 aliphatic heterocycles. The highest BCUT2D eigenvalue weighted by Crippen LogP contribution is 2.26. The SMILES string of the molecule is CCCN(C)c1ccc(C(=O)Nc2cc(C(C)(C)C)nn2-c2ncccn2)cc1. The third kappa shape index (κ3) is 4.80. The molecule has 0 saturated heterocycles. The van der Waals surface area contributed by atoms with Crippen LogP contribution in [0.25, 0.3) is 5.95 Å². The molecular formula is C22H28N6O. The Morgan fingerprint density at radius 1 is 1.14 bits per heavy atom. The highest BCUT2D eigenvalue weighted by molar-refractivity contribution is 6.04. The van der Waals surface area contributed by atoms with Gasteiger partial charge in [-0.15, -0.1) is 0 Å². The number of hydrogen-bond donors (Lipinski definition) is 1. The Labute approximate surface area is 171 Å². The van der Waals surface area contributed by atoms with E-state index in [1.807, 2.05) is 37.4 Å². The first-order chi connectivity index (χ1) is 13.8. The van der Waals surface area contributed by atoms with Crippen molar-refractivity contribution >= 4 is 17.4 Å². The van der Waals surface area contributed by atoms with Crippen LogP contribution in [0.1, 0.15) is 50.2 Å². The molecule has 0 radical (unpaired) electrons. The van der Waals surface area contributed by atoms with Gasteiger partial charge in [0.2, 0.25) is 0 Å². The minimum absolute atomic E-state index is 0.176. The second kappa shape index (κ2) is 8.43. The summed E-state index contributed by atoms with van der Waals surface area (Å²) in [6.07, 6.45) is 4.37. The van der Waals surface area contributed by atoms with Crippen molar-refractivity contribution in [2.24, 2.45) is 0 Å². The molecule has 0 spiro atoms. The second-order valence-electron chi connectivity index (χ2n) is 8.05. The summed E-state index contributed by atoms with van der Waals surface area (Å²) in [6, 6.07) is 11.2. The van der Waals surface area contributed by atoms with Gasteiger partial charge >= 0.3 is 0 Å². The van der Waals surface area contributed by atoms with E-state index in [4.69, 9.17) is 0 Å². The van der Waals surface area contributed by atoms with E-state index in [1.54, 1.807) is 23.1 Å². The van der Waals surface area contributed by atoms with Gasteiger partial charge in [0.1, 0.15) is 5.82 Å². The number of benzene rings is 1. The lowest BCUT2D eigenvalue weighted by Gasteiger charge is -2.18. The summed E-state index contributed by atoms with van der Waals surface area (Å²) in [5, 5.41) is 7.59. The van der Waals surface area contributed by atoms with E-state index in [1.165, 1.54) is 0 Å². The second-order valence-corrected chi connectivity index (χ2v) is 8.05. The molecule has 0 saturated carbocycles. The Bertz CT molecular complexity index is 957. The van der Waals surface area contributed by atoms with Crippen molar-refractivity contribution in [3.8, 4) is 5.95 Å². The number of aromatic nitrogens is 4. The first-order valence-corrected chi connectivity index (χ1v) is 9.80. The van der Waals surface area contributed by atoms with E-state index in [0.29, 0.717) is 17.3 Å². The van der Waals surface area contributed by atoms with Crippen molar-refractivity contribution in [3.63, 3.8) is 0 Å². The maximum atomic E-state index is 12.9. The fraction of sp³-hybridized carbons (Fsp3) is 0.364. The smallest absolute Gasteiger partial charge is 0.256 e. The molecule has 0 unspecified atom stereocenters. The van der Waals surface area contributed by atoms with Crippen molar-refractivity contribution in [1.82, 2.24) is 19.7 Å². The van der Waals surface area contributed by atoms with Gasteiger partial charge in [0.15, 0.2) is 0 Å². The Kier molecular flexibility index (Phi) is 5.96. The van der Waals surface area contributed by atoms with Gasteiger partial charge in [-0.2, -0.15) is 9.78 Å². The van der Waals surface area contributed by atoms with E-state index in [2.05, 4.69) is 53.0 Å². The average molecular weight is 393 g/mol. The van der Waals surface area contributed by atoms with E-state index in [-0.39, 0.29) is 11.3 Å². The van der Waals surface area contributed by atoms with Gasteiger partial charge in [-0.1, -0.05) is 27.7 Å². The fourth-order valence-electron chi connectivity index (χ4n) is 2.91. The molecule has 0 atom stereocenters. The molecule has 1 aromatic carbocycles. The predicted molar refractivity (Wildman–Crippen MR) is 116 cm³/mol. The monoisotopic (exact) mass is 392 g/mol. The predicted octanol–water partition coefficient (Wildman–Crippen LogP) is 4.06. The highest BCUT2D eigenvalue weighted by Gasteiger charge is 2.22. The molecular weight excluding hydrogens is 364 g/mol. The highest BCUT2D eigenvalue weighted by atomic mass is 16.1. The number of amides is 1. The lowest BCUT2D eigenvalue weighted by molar-refractivity contribution is 0.102. The zero-order chi connectivity index (χ0) is 21.0. The Morgan fingerprint density at radius 2 is 1.79 bits per heavy atom. The van der Waals surface area contributed by atoms with Crippen LogP contribution < -0.4 is 10.2 Å². The lowest BCUT2D eigenvalue weighted by atomic mass is 9.92. The third-order valence-corrected chi connectivity index (χ3v) is 4.59. The summed E-state index contributed by atoms with van der Waals surface area (Å²) in [4.78, 5) is 23.6. The van der Waals surface area contributed by atoms with E-state index in [9.17, 15) is 4.79 Å². The van der Waals surface area contributed by atoms with Gasteiger partial charge in [0.25, 0.3) is 11.9 Å². The molecule has 7 nitrogen and oxygen atoms in total. The zero-order valence-corrected chi connectivity index (χ0v) is 17.7. The lowest BCUT2D eigenvalue weighted by Crippen LogP contribution is -2.18. The number of carbonyl (C=O) groups excluding carboxylic acids is 1. The van der Waals surface area contributed by atoms with E-state index in [0.717, 1.165) is 24.3 Å². The molecule has 0 fully saturated rings.